The third kappa shape index (κ3) is 3.55. The Balaban J connectivity index is 1.76. The molecule has 0 fully saturated rings. The predicted octanol–water partition coefficient (Wildman–Crippen LogP) is 4.37. The van der Waals surface area contributed by atoms with E-state index in [0.29, 0.717) is 16.4 Å². The van der Waals surface area contributed by atoms with Gasteiger partial charge in [0.1, 0.15) is 11.5 Å². The van der Waals surface area contributed by atoms with Gasteiger partial charge in [-0.05, 0) is 26.0 Å². The third-order valence-corrected chi connectivity index (χ3v) is 4.29. The fourth-order valence-corrected chi connectivity index (χ4v) is 2.86. The van der Waals surface area contributed by atoms with Crippen LogP contribution in [0.5, 0.6) is 11.5 Å². The summed E-state index contributed by atoms with van der Waals surface area (Å²) in [6, 6.07) is 12.6. The van der Waals surface area contributed by atoms with Gasteiger partial charge in [0.15, 0.2) is 0 Å². The first-order valence-corrected chi connectivity index (χ1v) is 8.26. The summed E-state index contributed by atoms with van der Waals surface area (Å²) in [4.78, 5) is 4.51. The quantitative estimate of drug-likeness (QED) is 0.487. The standard InChI is InChI=1S/C18H17N3O2S/c1-11-3-5-13(6-4-11)16-10-24-18(19-16)21-20-12(2)15-8-7-14(22)9-17(15)23/h3-10,22-23H,1-2H3,(H,19,21)/b20-12+. The van der Waals surface area contributed by atoms with Crippen LogP contribution >= 0.6 is 11.3 Å². The second-order valence-electron chi connectivity index (χ2n) is 5.41. The molecule has 122 valence electrons. The SMILES string of the molecule is C/C(=N\Nc1nc(-c2ccc(C)cc2)cs1)c1ccc(O)cc1O. The number of rotatable bonds is 4. The van der Waals surface area contributed by atoms with E-state index in [-0.39, 0.29) is 11.5 Å². The number of thiazole rings is 1. The van der Waals surface area contributed by atoms with E-state index in [1.54, 1.807) is 13.0 Å². The highest BCUT2D eigenvalue weighted by atomic mass is 32.1. The minimum absolute atomic E-state index is 0.0136. The molecule has 24 heavy (non-hydrogen) atoms. The Morgan fingerprint density at radius 1 is 1.12 bits per heavy atom. The Hall–Kier alpha value is -2.86. The monoisotopic (exact) mass is 339 g/mol. The number of anilines is 1. The number of phenols is 2. The summed E-state index contributed by atoms with van der Waals surface area (Å²) in [5.41, 5.74) is 7.21. The van der Waals surface area contributed by atoms with Crippen LogP contribution in [0.15, 0.2) is 52.9 Å². The Kier molecular flexibility index (Phi) is 4.48. The van der Waals surface area contributed by atoms with Crippen LogP contribution in [0.1, 0.15) is 18.1 Å². The van der Waals surface area contributed by atoms with Gasteiger partial charge in [-0.25, -0.2) is 4.98 Å². The van der Waals surface area contributed by atoms with Gasteiger partial charge >= 0.3 is 0 Å². The minimum Gasteiger partial charge on any atom is -0.508 e. The molecular formula is C18H17N3O2S. The zero-order chi connectivity index (χ0) is 17.1. The summed E-state index contributed by atoms with van der Waals surface area (Å²) in [7, 11) is 0. The zero-order valence-electron chi connectivity index (χ0n) is 13.3. The molecule has 0 aliphatic rings. The van der Waals surface area contributed by atoms with Gasteiger partial charge in [0.05, 0.1) is 11.4 Å². The number of aryl methyl sites for hydroxylation is 1. The highest BCUT2D eigenvalue weighted by Crippen LogP contribution is 2.26. The van der Waals surface area contributed by atoms with Crippen LogP contribution in [0.3, 0.4) is 0 Å². The van der Waals surface area contributed by atoms with Gasteiger partial charge < -0.3 is 10.2 Å². The summed E-state index contributed by atoms with van der Waals surface area (Å²) in [5, 5.41) is 26.1. The van der Waals surface area contributed by atoms with E-state index >= 15 is 0 Å². The van der Waals surface area contributed by atoms with Gasteiger partial charge in [-0.3, -0.25) is 5.43 Å². The predicted molar refractivity (Wildman–Crippen MR) is 97.9 cm³/mol. The maximum atomic E-state index is 9.85. The van der Waals surface area contributed by atoms with Crippen molar-refractivity contribution in [3.8, 4) is 22.8 Å². The molecular weight excluding hydrogens is 322 g/mol. The number of hydrogen-bond donors (Lipinski definition) is 3. The first kappa shape index (κ1) is 16.0. The molecule has 3 aromatic rings. The molecule has 0 amide bonds. The molecule has 2 aromatic carbocycles. The fraction of sp³-hybridized carbons (Fsp3) is 0.111. The molecule has 1 aromatic heterocycles. The number of hydrazone groups is 1. The van der Waals surface area contributed by atoms with Crippen LogP contribution in [0.4, 0.5) is 5.13 Å². The van der Waals surface area contributed by atoms with E-state index in [0.717, 1.165) is 11.3 Å². The average molecular weight is 339 g/mol. The maximum absolute atomic E-state index is 9.85. The fourth-order valence-electron chi connectivity index (χ4n) is 2.20. The average Bonchev–Trinajstić information content (AvgIpc) is 3.02. The molecule has 0 saturated heterocycles. The largest absolute Gasteiger partial charge is 0.508 e. The Labute approximate surface area is 144 Å². The van der Waals surface area contributed by atoms with Crippen molar-refractivity contribution < 1.29 is 10.2 Å². The maximum Gasteiger partial charge on any atom is 0.203 e. The van der Waals surface area contributed by atoms with Crippen LogP contribution in [0.25, 0.3) is 11.3 Å². The number of benzene rings is 2. The van der Waals surface area contributed by atoms with Crippen LogP contribution in [0, 0.1) is 6.92 Å². The van der Waals surface area contributed by atoms with E-state index in [4.69, 9.17) is 0 Å². The topological polar surface area (TPSA) is 77.7 Å². The van der Waals surface area contributed by atoms with Crippen molar-refractivity contribution in [3.05, 3.63) is 59.0 Å². The minimum atomic E-state index is -0.0162. The molecule has 5 nitrogen and oxygen atoms in total. The number of aromatic hydroxyl groups is 2. The van der Waals surface area contributed by atoms with E-state index in [2.05, 4.69) is 27.6 Å². The molecule has 6 heteroatoms. The van der Waals surface area contributed by atoms with Crippen LogP contribution < -0.4 is 5.43 Å². The first-order chi connectivity index (χ1) is 11.5. The van der Waals surface area contributed by atoms with Gasteiger partial charge in [0.25, 0.3) is 0 Å². The lowest BCUT2D eigenvalue weighted by molar-refractivity contribution is 0.450. The highest BCUT2D eigenvalue weighted by molar-refractivity contribution is 7.14. The van der Waals surface area contributed by atoms with E-state index < -0.39 is 0 Å². The van der Waals surface area contributed by atoms with Gasteiger partial charge in [0.2, 0.25) is 5.13 Å². The van der Waals surface area contributed by atoms with Crippen LogP contribution in [-0.2, 0) is 0 Å². The molecule has 0 saturated carbocycles. The molecule has 0 bridgehead atoms. The summed E-state index contributed by atoms with van der Waals surface area (Å²) in [5.74, 6) is -0.00259. The smallest absolute Gasteiger partial charge is 0.203 e. The second kappa shape index (κ2) is 6.72. The third-order valence-electron chi connectivity index (χ3n) is 3.54. The summed E-state index contributed by atoms with van der Waals surface area (Å²) in [6.07, 6.45) is 0. The number of nitrogens with zero attached hydrogens (tertiary/aromatic N) is 2. The lowest BCUT2D eigenvalue weighted by Gasteiger charge is -2.04. The molecule has 1 heterocycles. The van der Waals surface area contributed by atoms with Crippen LogP contribution in [-0.4, -0.2) is 20.9 Å². The second-order valence-corrected chi connectivity index (χ2v) is 6.27. The molecule has 0 aliphatic heterocycles. The summed E-state index contributed by atoms with van der Waals surface area (Å²) in [6.45, 7) is 3.82. The van der Waals surface area contributed by atoms with E-state index in [1.165, 1.54) is 29.0 Å². The lowest BCUT2D eigenvalue weighted by atomic mass is 10.1. The van der Waals surface area contributed by atoms with Crippen molar-refractivity contribution in [1.29, 1.82) is 0 Å². The van der Waals surface area contributed by atoms with Gasteiger partial charge in [-0.2, -0.15) is 5.10 Å². The molecule has 0 atom stereocenters. The van der Waals surface area contributed by atoms with E-state index in [1.807, 2.05) is 24.4 Å². The molecule has 3 N–H and O–H groups in total. The Morgan fingerprint density at radius 3 is 2.58 bits per heavy atom. The molecule has 0 radical (unpaired) electrons. The lowest BCUT2D eigenvalue weighted by Crippen LogP contribution is -2.00. The number of phenolic OH excluding ortho intramolecular Hbond substituents is 2. The normalized spacial score (nSPS) is 11.5. The molecule has 3 rings (SSSR count). The van der Waals surface area contributed by atoms with Crippen LogP contribution in [0.2, 0.25) is 0 Å². The Bertz CT molecular complexity index is 886. The molecule has 0 spiro atoms. The van der Waals surface area contributed by atoms with Crippen molar-refractivity contribution in [2.75, 3.05) is 5.43 Å². The summed E-state index contributed by atoms with van der Waals surface area (Å²) >= 11 is 1.46. The van der Waals surface area contributed by atoms with Crippen molar-refractivity contribution in [1.82, 2.24) is 4.98 Å². The number of aromatic nitrogens is 1. The van der Waals surface area contributed by atoms with Crippen molar-refractivity contribution in [2.45, 2.75) is 13.8 Å². The van der Waals surface area contributed by atoms with Crippen molar-refractivity contribution >= 4 is 22.2 Å². The van der Waals surface area contributed by atoms with Crippen molar-refractivity contribution in [2.24, 2.45) is 5.10 Å². The number of hydrogen-bond acceptors (Lipinski definition) is 6. The zero-order valence-corrected chi connectivity index (χ0v) is 14.1. The summed E-state index contributed by atoms with van der Waals surface area (Å²) < 4.78 is 0. The van der Waals surface area contributed by atoms with Crippen molar-refractivity contribution in [3.63, 3.8) is 0 Å². The Morgan fingerprint density at radius 2 is 1.88 bits per heavy atom. The number of nitrogens with one attached hydrogen (secondary N) is 1. The first-order valence-electron chi connectivity index (χ1n) is 7.38. The van der Waals surface area contributed by atoms with E-state index in [9.17, 15) is 10.2 Å². The molecule has 0 unspecified atom stereocenters. The molecule has 0 aliphatic carbocycles. The highest BCUT2D eigenvalue weighted by Gasteiger charge is 2.07. The van der Waals surface area contributed by atoms with Gasteiger partial charge in [0, 0.05) is 22.6 Å². The van der Waals surface area contributed by atoms with Gasteiger partial charge in [-0.1, -0.05) is 29.8 Å². The van der Waals surface area contributed by atoms with Gasteiger partial charge in [-0.15, -0.1) is 11.3 Å².